The first kappa shape index (κ1) is 14.5. The van der Waals surface area contributed by atoms with Crippen molar-refractivity contribution in [3.05, 3.63) is 0 Å². The van der Waals surface area contributed by atoms with Gasteiger partial charge < -0.3 is 18.9 Å². The van der Waals surface area contributed by atoms with Crippen molar-refractivity contribution in [3.8, 4) is 0 Å². The maximum absolute atomic E-state index is 10.9. The van der Waals surface area contributed by atoms with Crippen molar-refractivity contribution in [1.82, 2.24) is 0 Å². The van der Waals surface area contributed by atoms with E-state index in [2.05, 4.69) is 29.2 Å². The number of hydrogen-bond acceptors (Lipinski definition) is 6. The van der Waals surface area contributed by atoms with Crippen LogP contribution in [0, 0.1) is 0 Å². The first-order valence-corrected chi connectivity index (χ1v) is 4.38. The minimum Gasteiger partial charge on any atom is -0.417 e. The molecule has 92 valence electrons. The average Bonchev–Trinajstić information content (AvgIpc) is 2.26. The van der Waals surface area contributed by atoms with Crippen LogP contribution in [0.4, 0.5) is 9.59 Å². The number of carbonyl (C=O) groups is 2. The molecule has 0 saturated heterocycles. The molecule has 0 aliphatic heterocycles. The van der Waals surface area contributed by atoms with E-state index in [1.807, 2.05) is 0 Å². The van der Waals surface area contributed by atoms with E-state index >= 15 is 0 Å². The number of ether oxygens (including phenoxy) is 4. The minimum absolute atomic E-state index is 0.764. The Morgan fingerprint density at radius 2 is 1.19 bits per heavy atom. The molecule has 16 heavy (non-hydrogen) atoms. The highest BCUT2D eigenvalue weighted by molar-refractivity contribution is 5.73. The van der Waals surface area contributed by atoms with Gasteiger partial charge in [0.25, 0.3) is 0 Å². The topological polar surface area (TPSA) is 95.8 Å². The van der Waals surface area contributed by atoms with Crippen LogP contribution >= 0.6 is 0 Å². The van der Waals surface area contributed by atoms with Crippen LogP contribution in [0.25, 0.3) is 0 Å². The summed E-state index contributed by atoms with van der Waals surface area (Å²) in [4.78, 5) is 21.7. The molecule has 0 spiro atoms. The van der Waals surface area contributed by atoms with E-state index < -0.39 is 24.8 Å². The van der Waals surface area contributed by atoms with Crippen LogP contribution in [-0.4, -0.2) is 39.0 Å². The highest BCUT2D eigenvalue weighted by Crippen LogP contribution is 1.98. The number of rotatable bonds is 4. The van der Waals surface area contributed by atoms with Crippen LogP contribution < -0.4 is 0 Å². The van der Waals surface area contributed by atoms with Crippen LogP contribution in [0.5, 0.6) is 0 Å². The van der Waals surface area contributed by atoms with E-state index in [0.717, 1.165) is 0 Å². The molecule has 0 bridgehead atoms. The lowest BCUT2D eigenvalue weighted by Gasteiger charge is -2.08. The molecule has 0 radical (unpaired) electrons. The number of hydrogen-bond donors (Lipinski definition) is 0. The molecule has 2 amide bonds. The quantitative estimate of drug-likeness (QED) is 0.542. The first-order chi connectivity index (χ1) is 7.49. The molecule has 0 heterocycles. The van der Waals surface area contributed by atoms with Gasteiger partial charge in [0.1, 0.15) is 0 Å². The van der Waals surface area contributed by atoms with Gasteiger partial charge >= 0.3 is 12.2 Å². The highest BCUT2D eigenvalue weighted by atomic mass is 16.7. The Hall–Kier alpha value is -1.54. The number of carbonyl (C=O) groups excluding carboxylic acids is 2. The Morgan fingerprint density at radius 1 is 0.875 bits per heavy atom. The fourth-order valence-electron chi connectivity index (χ4n) is 0.509. The van der Waals surface area contributed by atoms with Crippen LogP contribution in [0.2, 0.25) is 0 Å². The summed E-state index contributed by atoms with van der Waals surface area (Å²) in [6.45, 7) is 2.97. The fraction of sp³-hybridized carbons (Fsp3) is 0.750. The second-order valence-electron chi connectivity index (χ2n) is 2.57. The molecule has 0 saturated carbocycles. The van der Waals surface area contributed by atoms with Crippen LogP contribution in [-0.2, 0) is 18.9 Å². The van der Waals surface area contributed by atoms with Crippen molar-refractivity contribution in [3.63, 3.8) is 0 Å². The molecule has 0 aromatic carbocycles. The van der Waals surface area contributed by atoms with Crippen molar-refractivity contribution in [2.75, 3.05) is 14.2 Å². The maximum atomic E-state index is 10.9. The molecule has 0 aliphatic carbocycles. The zero-order valence-electron chi connectivity index (χ0n) is 9.50. The Labute approximate surface area is 92.5 Å². The van der Waals surface area contributed by atoms with Crippen molar-refractivity contribution >= 4 is 12.2 Å². The first-order valence-electron chi connectivity index (χ1n) is 4.38. The van der Waals surface area contributed by atoms with E-state index in [-0.39, 0.29) is 0 Å². The maximum Gasteiger partial charge on any atom is 0.454 e. The molecule has 2 atom stereocenters. The smallest absolute Gasteiger partial charge is 0.417 e. The molecule has 8 nitrogen and oxygen atoms in total. The van der Waals surface area contributed by atoms with E-state index in [9.17, 15) is 9.59 Å². The predicted molar refractivity (Wildman–Crippen MR) is 50.8 cm³/mol. The summed E-state index contributed by atoms with van der Waals surface area (Å²) < 4.78 is 18.3. The van der Waals surface area contributed by atoms with Crippen molar-refractivity contribution in [1.29, 1.82) is 0 Å². The van der Waals surface area contributed by atoms with Gasteiger partial charge in [-0.2, -0.15) is 0 Å². The molecular weight excluding hydrogens is 220 g/mol. The van der Waals surface area contributed by atoms with Crippen molar-refractivity contribution < 1.29 is 28.5 Å². The molecule has 0 fully saturated rings. The molecular formula is C8H14N2O6. The van der Waals surface area contributed by atoms with E-state index in [1.54, 1.807) is 0 Å². The summed E-state index contributed by atoms with van der Waals surface area (Å²) in [5, 5.41) is 5.91. The third-order valence-corrected chi connectivity index (χ3v) is 1.41. The van der Waals surface area contributed by atoms with Gasteiger partial charge in [0, 0.05) is 14.2 Å². The number of nitrogens with zero attached hydrogens (tertiary/aromatic N) is 2. The van der Waals surface area contributed by atoms with Gasteiger partial charge in [-0.25, -0.2) is 9.59 Å². The predicted octanol–water partition coefficient (Wildman–Crippen LogP) is 1.70. The lowest BCUT2D eigenvalue weighted by Crippen LogP contribution is -2.15. The number of azo groups is 1. The zero-order chi connectivity index (χ0) is 12.6. The van der Waals surface area contributed by atoms with Gasteiger partial charge in [-0.15, -0.1) is 0 Å². The van der Waals surface area contributed by atoms with E-state index in [4.69, 9.17) is 0 Å². The van der Waals surface area contributed by atoms with Gasteiger partial charge in [0.2, 0.25) is 12.6 Å². The molecule has 0 rings (SSSR count). The lowest BCUT2D eigenvalue weighted by atomic mass is 10.7. The largest absolute Gasteiger partial charge is 0.454 e. The molecule has 8 heteroatoms. The lowest BCUT2D eigenvalue weighted by molar-refractivity contribution is -0.0681. The highest BCUT2D eigenvalue weighted by Gasteiger charge is 2.10. The Kier molecular flexibility index (Phi) is 6.97. The molecule has 2 unspecified atom stereocenters. The second kappa shape index (κ2) is 7.71. The standard InChI is InChI=1S/C8H14N2O6/c1-5(13-3)15-7(11)9-10-8(12)16-6(2)14-4/h5-6H,1-4H3. The van der Waals surface area contributed by atoms with Crippen molar-refractivity contribution in [2.45, 2.75) is 26.4 Å². The van der Waals surface area contributed by atoms with Crippen LogP contribution in [0.3, 0.4) is 0 Å². The second-order valence-corrected chi connectivity index (χ2v) is 2.57. The Bertz CT molecular complexity index is 241. The van der Waals surface area contributed by atoms with Crippen LogP contribution in [0.15, 0.2) is 10.2 Å². The normalized spacial score (nSPS) is 14.5. The summed E-state index contributed by atoms with van der Waals surface area (Å²) in [7, 11) is 2.70. The van der Waals surface area contributed by atoms with Crippen LogP contribution in [0.1, 0.15) is 13.8 Å². The van der Waals surface area contributed by atoms with Gasteiger partial charge in [-0.3, -0.25) is 0 Å². The molecule has 0 aromatic heterocycles. The van der Waals surface area contributed by atoms with Gasteiger partial charge in [0.05, 0.1) is 0 Å². The number of methoxy groups -OCH3 is 2. The third-order valence-electron chi connectivity index (χ3n) is 1.41. The minimum atomic E-state index is -1.05. The third kappa shape index (κ3) is 6.85. The van der Waals surface area contributed by atoms with Gasteiger partial charge in [-0.1, -0.05) is 10.2 Å². The molecule has 0 aromatic rings. The monoisotopic (exact) mass is 234 g/mol. The SMILES string of the molecule is COC(C)OC(=O)N=NC(=O)OC(C)OC. The van der Waals surface area contributed by atoms with Gasteiger partial charge in [0.15, 0.2) is 0 Å². The summed E-state index contributed by atoms with van der Waals surface area (Å²) in [5.74, 6) is 0. The zero-order valence-corrected chi connectivity index (χ0v) is 9.50. The Balaban J connectivity index is 3.98. The summed E-state index contributed by atoms with van der Waals surface area (Å²) in [6.07, 6.45) is -3.62. The van der Waals surface area contributed by atoms with Crippen molar-refractivity contribution in [2.24, 2.45) is 10.2 Å². The fourth-order valence-corrected chi connectivity index (χ4v) is 0.509. The Morgan fingerprint density at radius 3 is 1.44 bits per heavy atom. The van der Waals surface area contributed by atoms with E-state index in [0.29, 0.717) is 0 Å². The van der Waals surface area contributed by atoms with Gasteiger partial charge in [-0.05, 0) is 13.8 Å². The summed E-state index contributed by atoms with van der Waals surface area (Å²) in [6, 6.07) is 0. The van der Waals surface area contributed by atoms with E-state index in [1.165, 1.54) is 28.1 Å². The summed E-state index contributed by atoms with van der Waals surface area (Å²) in [5.41, 5.74) is 0. The average molecular weight is 234 g/mol. The molecule has 0 N–H and O–H groups in total. The molecule has 0 aliphatic rings. The summed E-state index contributed by atoms with van der Waals surface area (Å²) >= 11 is 0. The number of amides is 2.